The van der Waals surface area contributed by atoms with E-state index in [1.807, 2.05) is 6.07 Å². The summed E-state index contributed by atoms with van der Waals surface area (Å²) in [5.74, 6) is -0.761. The van der Waals surface area contributed by atoms with Crippen LogP contribution in [-0.2, 0) is 22.7 Å². The number of carbonyl (C=O) groups is 1. The molecular formula is C25H27F3N6O4. The summed E-state index contributed by atoms with van der Waals surface area (Å²) in [5.41, 5.74) is -1.04. The van der Waals surface area contributed by atoms with Gasteiger partial charge in [-0.25, -0.2) is 19.7 Å². The van der Waals surface area contributed by atoms with Crippen molar-refractivity contribution < 1.29 is 32.2 Å². The fourth-order valence-electron chi connectivity index (χ4n) is 4.02. The van der Waals surface area contributed by atoms with Gasteiger partial charge in [-0.05, 0) is 39.3 Å². The van der Waals surface area contributed by atoms with Gasteiger partial charge in [0.15, 0.2) is 0 Å². The molecule has 13 heteroatoms. The van der Waals surface area contributed by atoms with E-state index in [2.05, 4.69) is 15.0 Å². The van der Waals surface area contributed by atoms with Crippen LogP contribution in [0.5, 0.6) is 5.88 Å². The first-order valence-electron chi connectivity index (χ1n) is 11.9. The molecule has 0 unspecified atom stereocenters. The topological polar surface area (TPSA) is 115 Å². The predicted octanol–water partition coefficient (Wildman–Crippen LogP) is 4.33. The number of nitriles is 1. The first-order valence-corrected chi connectivity index (χ1v) is 11.9. The molecule has 4 rings (SSSR count). The summed E-state index contributed by atoms with van der Waals surface area (Å²) in [5, 5.41) is 9.76. The smallest absolute Gasteiger partial charge is 0.421 e. The Morgan fingerprint density at radius 3 is 2.68 bits per heavy atom. The molecule has 4 heterocycles. The van der Waals surface area contributed by atoms with Crippen molar-refractivity contribution in [2.45, 2.75) is 45.1 Å². The van der Waals surface area contributed by atoms with Gasteiger partial charge in [0.1, 0.15) is 29.5 Å². The van der Waals surface area contributed by atoms with E-state index < -0.39 is 29.3 Å². The van der Waals surface area contributed by atoms with Gasteiger partial charge in [-0.1, -0.05) is 0 Å². The molecule has 1 saturated heterocycles. The second-order valence-electron chi connectivity index (χ2n) is 9.80. The standard InChI is InChI=1S/C25H27F3N6O4/c1-24(2,3)38-23(35)34-8-5-16(14-34)36-9-10-37-22-18(25(26,27)28)11-15(13-30-22)20-17-6-7-33(4)21(17)32-19(12-29)31-20/h6-7,11,13,16H,5,8-10,14H2,1-4H3/t16-/m1/s1. The molecule has 1 atom stereocenters. The number of halogens is 3. The van der Waals surface area contributed by atoms with Crippen LogP contribution in [0, 0.1) is 11.3 Å². The van der Waals surface area contributed by atoms with Crippen molar-refractivity contribution in [3.05, 3.63) is 35.9 Å². The molecule has 1 aliphatic rings. The molecule has 0 radical (unpaired) electrons. The van der Waals surface area contributed by atoms with E-state index in [1.54, 1.807) is 44.6 Å². The molecule has 3 aromatic heterocycles. The van der Waals surface area contributed by atoms with Gasteiger partial charge in [0.2, 0.25) is 11.7 Å². The highest BCUT2D eigenvalue weighted by Crippen LogP contribution is 2.38. The summed E-state index contributed by atoms with van der Waals surface area (Å²) in [6.45, 7) is 5.97. The fraction of sp³-hybridized carbons (Fsp3) is 0.480. The summed E-state index contributed by atoms with van der Waals surface area (Å²) < 4.78 is 59.8. The minimum atomic E-state index is -4.75. The number of aryl methyl sites for hydroxylation is 1. The Bertz CT molecular complexity index is 1380. The highest BCUT2D eigenvalue weighted by molar-refractivity contribution is 5.91. The van der Waals surface area contributed by atoms with Crippen LogP contribution in [0.2, 0.25) is 0 Å². The normalized spacial score (nSPS) is 16.1. The number of likely N-dealkylation sites (tertiary alicyclic amines) is 1. The third-order valence-corrected chi connectivity index (χ3v) is 5.73. The summed E-state index contributed by atoms with van der Waals surface area (Å²) in [4.78, 5) is 25.9. The maximum absolute atomic E-state index is 13.9. The molecule has 1 fully saturated rings. The third-order valence-electron chi connectivity index (χ3n) is 5.73. The van der Waals surface area contributed by atoms with Crippen LogP contribution in [-0.4, -0.2) is 68.5 Å². The van der Waals surface area contributed by atoms with E-state index in [0.29, 0.717) is 30.5 Å². The summed E-state index contributed by atoms with van der Waals surface area (Å²) in [6.07, 6.45) is -1.98. The third kappa shape index (κ3) is 6.13. The van der Waals surface area contributed by atoms with E-state index in [1.165, 1.54) is 11.1 Å². The lowest BCUT2D eigenvalue weighted by molar-refractivity contribution is -0.139. The van der Waals surface area contributed by atoms with E-state index in [-0.39, 0.29) is 36.4 Å². The monoisotopic (exact) mass is 532 g/mol. The fourth-order valence-corrected chi connectivity index (χ4v) is 4.02. The van der Waals surface area contributed by atoms with Crippen molar-refractivity contribution in [2.24, 2.45) is 7.05 Å². The maximum atomic E-state index is 13.9. The minimum Gasteiger partial charge on any atom is -0.475 e. The van der Waals surface area contributed by atoms with Gasteiger partial charge in [-0.3, -0.25) is 0 Å². The zero-order valence-electron chi connectivity index (χ0n) is 21.4. The molecule has 1 aliphatic heterocycles. The second-order valence-corrected chi connectivity index (χ2v) is 9.80. The van der Waals surface area contributed by atoms with Crippen molar-refractivity contribution in [3.63, 3.8) is 0 Å². The summed E-state index contributed by atoms with van der Waals surface area (Å²) in [7, 11) is 1.71. The van der Waals surface area contributed by atoms with Gasteiger partial charge in [0.25, 0.3) is 0 Å². The van der Waals surface area contributed by atoms with Crippen molar-refractivity contribution in [2.75, 3.05) is 26.3 Å². The van der Waals surface area contributed by atoms with Crippen LogP contribution in [0.1, 0.15) is 38.6 Å². The quantitative estimate of drug-likeness (QED) is 0.431. The molecule has 0 N–H and O–H groups in total. The molecule has 38 heavy (non-hydrogen) atoms. The minimum absolute atomic E-state index is 0.00955. The first kappa shape index (κ1) is 27.1. The number of hydrogen-bond acceptors (Lipinski definition) is 8. The predicted molar refractivity (Wildman–Crippen MR) is 129 cm³/mol. The van der Waals surface area contributed by atoms with Gasteiger partial charge >= 0.3 is 12.3 Å². The maximum Gasteiger partial charge on any atom is 0.421 e. The highest BCUT2D eigenvalue weighted by Gasteiger charge is 2.36. The van der Waals surface area contributed by atoms with Crippen molar-refractivity contribution in [1.82, 2.24) is 24.4 Å². The van der Waals surface area contributed by atoms with Crippen molar-refractivity contribution >= 4 is 17.1 Å². The lowest BCUT2D eigenvalue weighted by Gasteiger charge is -2.24. The second kappa shape index (κ2) is 10.4. The number of carbonyl (C=O) groups excluding carboxylic acids is 1. The lowest BCUT2D eigenvalue weighted by Crippen LogP contribution is -2.36. The van der Waals surface area contributed by atoms with Crippen molar-refractivity contribution in [1.29, 1.82) is 5.26 Å². The number of amides is 1. The SMILES string of the molecule is Cn1ccc2c(-c3cnc(OCCO[C@@H]4CCN(C(=O)OC(C)(C)C)C4)c(C(F)(F)F)c3)nc(C#N)nc21. The van der Waals surface area contributed by atoms with E-state index in [9.17, 15) is 23.2 Å². The molecule has 0 saturated carbocycles. The number of rotatable bonds is 6. The molecular weight excluding hydrogens is 505 g/mol. The number of aromatic nitrogens is 4. The molecule has 0 aromatic carbocycles. The Balaban J connectivity index is 1.43. The Kier molecular flexibility index (Phi) is 7.46. The highest BCUT2D eigenvalue weighted by atomic mass is 19.4. The largest absolute Gasteiger partial charge is 0.475 e. The number of hydrogen-bond donors (Lipinski definition) is 0. The van der Waals surface area contributed by atoms with Gasteiger partial charge in [0, 0.05) is 36.9 Å². The molecule has 0 spiro atoms. The number of alkyl halides is 3. The summed E-state index contributed by atoms with van der Waals surface area (Å²) >= 11 is 0. The zero-order chi connectivity index (χ0) is 27.7. The lowest BCUT2D eigenvalue weighted by atomic mass is 10.1. The van der Waals surface area contributed by atoms with Crippen LogP contribution in [0.25, 0.3) is 22.3 Å². The average Bonchev–Trinajstić information content (AvgIpc) is 3.47. The number of ether oxygens (including phenoxy) is 3. The van der Waals surface area contributed by atoms with Gasteiger partial charge in [0.05, 0.1) is 24.9 Å². The van der Waals surface area contributed by atoms with Crippen LogP contribution >= 0.6 is 0 Å². The Morgan fingerprint density at radius 1 is 1.24 bits per heavy atom. The number of pyridine rings is 1. The first-order chi connectivity index (χ1) is 17.9. The Morgan fingerprint density at radius 2 is 2.00 bits per heavy atom. The Labute approximate surface area is 217 Å². The summed E-state index contributed by atoms with van der Waals surface area (Å²) in [6, 6.07) is 4.39. The number of fused-ring (bicyclic) bond motifs is 1. The zero-order valence-corrected chi connectivity index (χ0v) is 21.4. The van der Waals surface area contributed by atoms with Crippen LogP contribution in [0.15, 0.2) is 24.5 Å². The average molecular weight is 533 g/mol. The van der Waals surface area contributed by atoms with Crippen LogP contribution in [0.4, 0.5) is 18.0 Å². The van der Waals surface area contributed by atoms with Crippen LogP contribution < -0.4 is 4.74 Å². The molecule has 3 aromatic rings. The molecule has 202 valence electrons. The molecule has 10 nitrogen and oxygen atoms in total. The van der Waals surface area contributed by atoms with Gasteiger partial charge < -0.3 is 23.7 Å². The number of nitrogens with zero attached hydrogens (tertiary/aromatic N) is 6. The molecule has 0 bridgehead atoms. The van der Waals surface area contributed by atoms with Crippen LogP contribution in [0.3, 0.4) is 0 Å². The van der Waals surface area contributed by atoms with Gasteiger partial charge in [-0.2, -0.15) is 18.4 Å². The molecule has 0 aliphatic carbocycles. The molecule has 1 amide bonds. The van der Waals surface area contributed by atoms with Crippen molar-refractivity contribution in [3.8, 4) is 23.2 Å². The van der Waals surface area contributed by atoms with E-state index in [0.717, 1.165) is 6.07 Å². The Hall–Kier alpha value is -3.92. The van der Waals surface area contributed by atoms with E-state index in [4.69, 9.17) is 14.2 Å². The van der Waals surface area contributed by atoms with E-state index >= 15 is 0 Å². The van der Waals surface area contributed by atoms with Gasteiger partial charge in [-0.15, -0.1) is 0 Å².